The van der Waals surface area contributed by atoms with Gasteiger partial charge in [-0.2, -0.15) is 0 Å². The number of hydrogen-bond donors (Lipinski definition) is 8. The van der Waals surface area contributed by atoms with Gasteiger partial charge in [0.25, 0.3) is 11.8 Å². The first-order valence-corrected chi connectivity index (χ1v) is 23.1. The largest absolute Gasteiger partial charge is 0.444 e. The summed E-state index contributed by atoms with van der Waals surface area (Å²) in [6, 6.07) is 22.0. The van der Waals surface area contributed by atoms with E-state index < -0.39 is 35.5 Å². The predicted octanol–water partition coefficient (Wildman–Crippen LogP) is 11.8. The number of alkyl carbamates (subject to hydrolysis) is 2. The van der Waals surface area contributed by atoms with E-state index in [1.54, 1.807) is 60.0 Å². The summed E-state index contributed by atoms with van der Waals surface area (Å²) in [5.41, 5.74) is 6.15. The first-order chi connectivity index (χ1) is 31.2. The van der Waals surface area contributed by atoms with Crippen molar-refractivity contribution in [1.82, 2.24) is 41.2 Å². The van der Waals surface area contributed by atoms with Crippen LogP contribution in [0.3, 0.4) is 0 Å². The summed E-state index contributed by atoms with van der Waals surface area (Å²) in [4.78, 5) is 63.9. The van der Waals surface area contributed by atoms with Crippen LogP contribution in [0.25, 0.3) is 43.6 Å². The lowest BCUT2D eigenvalue weighted by Crippen LogP contribution is -2.40. The number of aromatic amines is 4. The fraction of sp³-hybridized carbons (Fsp3) is 0.265. The predicted molar refractivity (Wildman–Crippen MR) is 267 cm³/mol. The van der Waals surface area contributed by atoms with Crippen LogP contribution in [0.5, 0.6) is 0 Å². The normalized spacial score (nSPS) is 12.6. The Bertz CT molecular complexity index is 2880. The molecule has 0 aliphatic rings. The number of halogens is 3. The minimum atomic E-state index is -0.626. The number of ether oxygens (including phenoxy) is 2. The number of carbonyl (C=O) groups excluding carboxylic acids is 4. The molecule has 17 heteroatoms. The van der Waals surface area contributed by atoms with Crippen molar-refractivity contribution in [3.05, 3.63) is 139 Å². The van der Waals surface area contributed by atoms with E-state index in [-0.39, 0.29) is 24.9 Å². The number of carbonyl (C=O) groups is 4. The van der Waals surface area contributed by atoms with Crippen LogP contribution in [0.1, 0.15) is 91.0 Å². The van der Waals surface area contributed by atoms with E-state index in [0.717, 1.165) is 69.2 Å². The summed E-state index contributed by atoms with van der Waals surface area (Å²) in [6.45, 7) is 13.1. The second-order valence-electron chi connectivity index (χ2n) is 17.8. The fourth-order valence-corrected chi connectivity index (χ4v) is 8.36. The third-order valence-corrected chi connectivity index (χ3v) is 11.6. The molecule has 0 fully saturated rings. The molecule has 4 aromatic heterocycles. The van der Waals surface area contributed by atoms with Crippen molar-refractivity contribution < 1.29 is 28.7 Å². The molecule has 0 saturated carbocycles. The van der Waals surface area contributed by atoms with E-state index in [1.165, 1.54) is 0 Å². The molecule has 344 valence electrons. The molecule has 2 atom stereocenters. The van der Waals surface area contributed by atoms with Gasteiger partial charge < -0.3 is 50.7 Å². The van der Waals surface area contributed by atoms with Crippen LogP contribution in [0.2, 0.25) is 5.02 Å². The summed E-state index contributed by atoms with van der Waals surface area (Å²) in [5.74, 6) is -0.499. The molecule has 0 aliphatic carbocycles. The Morgan fingerprint density at radius 3 is 1.53 bits per heavy atom. The van der Waals surface area contributed by atoms with Gasteiger partial charge in [-0.1, -0.05) is 61.7 Å². The highest BCUT2D eigenvalue weighted by Gasteiger charge is 2.26. The zero-order chi connectivity index (χ0) is 47.5. The van der Waals surface area contributed by atoms with E-state index in [4.69, 9.17) is 21.1 Å². The zero-order valence-corrected chi connectivity index (χ0v) is 41.3. The number of benzene rings is 4. The number of fused-ring (bicyclic) bond motifs is 4. The van der Waals surface area contributed by atoms with Crippen molar-refractivity contribution in [3.8, 4) is 0 Å². The lowest BCUT2D eigenvalue weighted by Gasteiger charge is -2.23. The van der Waals surface area contributed by atoms with Crippen LogP contribution >= 0.6 is 43.5 Å². The molecule has 66 heavy (non-hydrogen) atoms. The number of nitrogens with one attached hydrogen (secondary N) is 8. The first kappa shape index (κ1) is 47.7. The molecule has 4 aromatic carbocycles. The lowest BCUT2D eigenvalue weighted by atomic mass is 10.0. The minimum Gasteiger partial charge on any atom is -0.444 e. The van der Waals surface area contributed by atoms with Crippen molar-refractivity contribution in [2.45, 2.75) is 71.8 Å². The van der Waals surface area contributed by atoms with Gasteiger partial charge in [0, 0.05) is 107 Å². The minimum absolute atomic E-state index is 0.140. The Balaban J connectivity index is 0.000000196. The highest BCUT2D eigenvalue weighted by molar-refractivity contribution is 9.10. The molecular weight excluding hydrogens is 992 g/mol. The molecule has 0 saturated heterocycles. The van der Waals surface area contributed by atoms with Crippen LogP contribution in [0, 0.1) is 6.92 Å². The summed E-state index contributed by atoms with van der Waals surface area (Å²) in [5, 5.41) is 15.8. The first-order valence-electron chi connectivity index (χ1n) is 21.1. The van der Waals surface area contributed by atoms with Gasteiger partial charge in [-0.15, -0.1) is 0 Å². The van der Waals surface area contributed by atoms with Crippen molar-refractivity contribution in [1.29, 1.82) is 0 Å². The van der Waals surface area contributed by atoms with Gasteiger partial charge in [-0.05, 0) is 109 Å². The van der Waals surface area contributed by atoms with Crippen molar-refractivity contribution in [3.63, 3.8) is 0 Å². The van der Waals surface area contributed by atoms with Crippen molar-refractivity contribution >= 4 is 111 Å². The highest BCUT2D eigenvalue weighted by Crippen LogP contribution is 2.30. The van der Waals surface area contributed by atoms with Crippen LogP contribution in [0.4, 0.5) is 9.59 Å². The topological polar surface area (TPSA) is 198 Å². The van der Waals surface area contributed by atoms with Gasteiger partial charge in [0.1, 0.15) is 11.2 Å². The maximum atomic E-state index is 13.3. The number of H-pyrrole nitrogens is 4. The Labute approximate surface area is 402 Å². The SMILES string of the molecule is CC(C)(C)OC(=O)NCC(NC(=O)c1c[nH]c2cc(Br)ccc12)c1c[nH]c2ccc(Br)cc12.Cc1ccc2c(C(=O)NC(CNC(=O)OC(C)(C)C)c3c[nH]c4ccc(Cl)cc34)c[nH]c2c1. The Hall–Kier alpha value is -6.23. The van der Waals surface area contributed by atoms with Gasteiger partial charge in [0.2, 0.25) is 0 Å². The molecule has 0 aliphatic heterocycles. The molecule has 0 radical (unpaired) electrons. The number of rotatable bonds is 10. The number of hydrogen-bond acceptors (Lipinski definition) is 6. The van der Waals surface area contributed by atoms with Gasteiger partial charge >= 0.3 is 12.2 Å². The molecule has 8 rings (SSSR count). The maximum absolute atomic E-state index is 13.3. The highest BCUT2D eigenvalue weighted by atomic mass is 79.9. The number of aryl methyl sites for hydroxylation is 1. The van der Waals surface area contributed by atoms with E-state index in [0.29, 0.717) is 16.1 Å². The lowest BCUT2D eigenvalue weighted by molar-refractivity contribution is 0.0510. The molecule has 0 spiro atoms. The Kier molecular flexibility index (Phi) is 14.2. The quantitative estimate of drug-likeness (QED) is 0.0670. The monoisotopic (exact) mass is 1040 g/mol. The average Bonchev–Trinajstić information content (AvgIpc) is 4.04. The second-order valence-corrected chi connectivity index (χ2v) is 20.1. The van der Waals surface area contributed by atoms with Crippen molar-refractivity contribution in [2.24, 2.45) is 0 Å². The smallest absolute Gasteiger partial charge is 0.407 e. The molecule has 4 amide bonds. The van der Waals surface area contributed by atoms with Gasteiger partial charge in [0.05, 0.1) is 23.2 Å². The van der Waals surface area contributed by atoms with Crippen LogP contribution < -0.4 is 21.3 Å². The van der Waals surface area contributed by atoms with Gasteiger partial charge in [-0.25, -0.2) is 9.59 Å². The molecule has 0 bridgehead atoms. The summed E-state index contributed by atoms with van der Waals surface area (Å²) in [7, 11) is 0. The standard InChI is InChI=1S/C25H27ClN4O3.C24H24Br2N4O3/c1-14-5-7-16-19(12-28-21(16)9-14)23(31)30-22(13-29-24(32)33-25(2,3)4)18-11-27-20-8-6-15(26)10-17(18)20;1-24(2,3)33-23(32)29-12-21(17-10-27-19-7-5-13(25)8-16(17)19)30-22(31)18-11-28-20-9-14(26)4-6-15(18)20/h5-12,22,27-28H,13H2,1-4H3,(H,29,32)(H,30,31);4-11,21,27-28H,12H2,1-3H3,(H,29,32)(H,30,31). The zero-order valence-electron chi connectivity index (χ0n) is 37.4. The summed E-state index contributed by atoms with van der Waals surface area (Å²) >= 11 is 13.2. The Morgan fingerprint density at radius 1 is 0.561 bits per heavy atom. The molecule has 2 unspecified atom stereocenters. The molecule has 4 heterocycles. The van der Waals surface area contributed by atoms with E-state index in [1.807, 2.05) is 86.0 Å². The molecule has 14 nitrogen and oxygen atoms in total. The molecule has 8 N–H and O–H groups in total. The third-order valence-electron chi connectivity index (χ3n) is 10.4. The average molecular weight is 1040 g/mol. The Morgan fingerprint density at radius 2 is 1.00 bits per heavy atom. The van der Waals surface area contributed by atoms with Gasteiger partial charge in [-0.3, -0.25) is 9.59 Å². The van der Waals surface area contributed by atoms with E-state index in [9.17, 15) is 19.2 Å². The van der Waals surface area contributed by atoms with E-state index >= 15 is 0 Å². The summed E-state index contributed by atoms with van der Waals surface area (Å²) < 4.78 is 12.6. The third kappa shape index (κ3) is 11.8. The fourth-order valence-electron chi connectivity index (χ4n) is 7.47. The molecule has 8 aromatic rings. The summed E-state index contributed by atoms with van der Waals surface area (Å²) in [6.07, 6.45) is 5.97. The number of amides is 4. The van der Waals surface area contributed by atoms with Crippen LogP contribution in [0.15, 0.2) is 107 Å². The number of aromatic nitrogens is 4. The maximum Gasteiger partial charge on any atom is 0.407 e. The van der Waals surface area contributed by atoms with Crippen LogP contribution in [-0.4, -0.2) is 68.2 Å². The second kappa shape index (κ2) is 19.7. The van der Waals surface area contributed by atoms with Gasteiger partial charge in [0.15, 0.2) is 0 Å². The van der Waals surface area contributed by atoms with Crippen LogP contribution in [-0.2, 0) is 9.47 Å². The molecular formula is C49H51Br2ClN8O6. The van der Waals surface area contributed by atoms with Crippen molar-refractivity contribution in [2.75, 3.05) is 13.1 Å². The van der Waals surface area contributed by atoms with E-state index in [2.05, 4.69) is 73.1 Å².